The maximum atomic E-state index is 12.2. The Kier molecular flexibility index (Phi) is 5.81. The first-order chi connectivity index (χ1) is 10.6. The van der Waals surface area contributed by atoms with Gasteiger partial charge in [-0.15, -0.1) is 0 Å². The highest BCUT2D eigenvalue weighted by atomic mass is 16.5. The standard InChI is InChI=1S/C17H23NO4/c1-22-13-8-6-12(7-9-13)10-11-18-16(19)14-4-2-3-5-15(14)17(20)21/h6-9,14-15H,2-5,10-11H2,1H3,(H,18,19)(H,20,21)/t14-,15-/m1/s1. The van der Waals surface area contributed by atoms with Gasteiger partial charge in [0.15, 0.2) is 0 Å². The van der Waals surface area contributed by atoms with Gasteiger partial charge in [0.05, 0.1) is 18.9 Å². The van der Waals surface area contributed by atoms with Crippen LogP contribution in [0.25, 0.3) is 0 Å². The lowest BCUT2D eigenvalue weighted by Crippen LogP contribution is -2.40. The van der Waals surface area contributed by atoms with E-state index in [1.54, 1.807) is 7.11 Å². The number of nitrogens with one attached hydrogen (secondary N) is 1. The van der Waals surface area contributed by atoms with Gasteiger partial charge in [-0.1, -0.05) is 25.0 Å². The number of hydrogen-bond acceptors (Lipinski definition) is 3. The molecule has 2 atom stereocenters. The second-order valence-electron chi connectivity index (χ2n) is 5.72. The lowest BCUT2D eigenvalue weighted by Gasteiger charge is -2.27. The molecule has 0 aliphatic heterocycles. The largest absolute Gasteiger partial charge is 0.497 e. The van der Waals surface area contributed by atoms with Crippen molar-refractivity contribution < 1.29 is 19.4 Å². The summed E-state index contributed by atoms with van der Waals surface area (Å²) < 4.78 is 5.10. The Hall–Kier alpha value is -2.04. The van der Waals surface area contributed by atoms with Crippen molar-refractivity contribution in [3.8, 4) is 5.75 Å². The van der Waals surface area contributed by atoms with Gasteiger partial charge in [0.1, 0.15) is 5.75 Å². The summed E-state index contributed by atoms with van der Waals surface area (Å²) in [5, 5.41) is 12.1. The van der Waals surface area contributed by atoms with Crippen molar-refractivity contribution in [3.05, 3.63) is 29.8 Å². The minimum absolute atomic E-state index is 0.124. The first-order valence-electron chi connectivity index (χ1n) is 7.75. The van der Waals surface area contributed by atoms with Crippen LogP contribution in [-0.2, 0) is 16.0 Å². The smallest absolute Gasteiger partial charge is 0.307 e. The average Bonchev–Trinajstić information content (AvgIpc) is 2.55. The van der Waals surface area contributed by atoms with Crippen LogP contribution in [0, 0.1) is 11.8 Å². The van der Waals surface area contributed by atoms with Gasteiger partial charge >= 0.3 is 5.97 Å². The molecule has 1 aromatic carbocycles. The molecule has 0 saturated heterocycles. The fourth-order valence-corrected chi connectivity index (χ4v) is 2.99. The molecule has 0 spiro atoms. The molecule has 0 unspecified atom stereocenters. The number of carboxylic acids is 1. The molecular weight excluding hydrogens is 282 g/mol. The molecule has 0 heterocycles. The summed E-state index contributed by atoms with van der Waals surface area (Å²) in [5.74, 6) is -1.09. The van der Waals surface area contributed by atoms with Gasteiger partial charge in [0, 0.05) is 6.54 Å². The van der Waals surface area contributed by atoms with Gasteiger partial charge in [-0.2, -0.15) is 0 Å². The molecule has 1 aliphatic rings. The molecule has 1 amide bonds. The number of aliphatic carboxylic acids is 1. The van der Waals surface area contributed by atoms with Gasteiger partial charge in [-0.25, -0.2) is 0 Å². The van der Waals surface area contributed by atoms with E-state index in [9.17, 15) is 14.7 Å². The zero-order chi connectivity index (χ0) is 15.9. The predicted octanol–water partition coefficient (Wildman–Crippen LogP) is 2.24. The minimum atomic E-state index is -0.852. The molecule has 2 N–H and O–H groups in total. The van der Waals surface area contributed by atoms with E-state index in [0.717, 1.165) is 30.6 Å². The second kappa shape index (κ2) is 7.82. The molecule has 5 heteroatoms. The van der Waals surface area contributed by atoms with E-state index in [1.807, 2.05) is 24.3 Å². The van der Waals surface area contributed by atoms with Crippen molar-refractivity contribution in [1.82, 2.24) is 5.32 Å². The highest BCUT2D eigenvalue weighted by Crippen LogP contribution is 2.30. The topological polar surface area (TPSA) is 75.6 Å². The number of carboxylic acid groups (broad SMARTS) is 1. The normalized spacial score (nSPS) is 21.1. The number of methoxy groups -OCH3 is 1. The Balaban J connectivity index is 1.82. The quantitative estimate of drug-likeness (QED) is 0.845. The van der Waals surface area contributed by atoms with Crippen molar-refractivity contribution in [3.63, 3.8) is 0 Å². The third-order valence-electron chi connectivity index (χ3n) is 4.29. The number of carbonyl (C=O) groups is 2. The molecule has 0 radical (unpaired) electrons. The Morgan fingerprint density at radius 2 is 1.82 bits per heavy atom. The Labute approximate surface area is 130 Å². The van der Waals surface area contributed by atoms with Crippen LogP contribution in [0.3, 0.4) is 0 Å². The number of rotatable bonds is 6. The molecule has 0 bridgehead atoms. The number of hydrogen-bond donors (Lipinski definition) is 2. The van der Waals surface area contributed by atoms with Crippen molar-refractivity contribution in [2.45, 2.75) is 32.1 Å². The van der Waals surface area contributed by atoms with Crippen LogP contribution in [0.4, 0.5) is 0 Å². The van der Waals surface area contributed by atoms with Crippen LogP contribution in [0.1, 0.15) is 31.2 Å². The van der Waals surface area contributed by atoms with Crippen LogP contribution in [0.2, 0.25) is 0 Å². The monoisotopic (exact) mass is 305 g/mol. The van der Waals surface area contributed by atoms with Crippen LogP contribution >= 0.6 is 0 Å². The Morgan fingerprint density at radius 3 is 2.41 bits per heavy atom. The number of carbonyl (C=O) groups excluding carboxylic acids is 1. The van der Waals surface area contributed by atoms with Gasteiger partial charge < -0.3 is 15.2 Å². The lowest BCUT2D eigenvalue weighted by molar-refractivity contribution is -0.148. The summed E-state index contributed by atoms with van der Waals surface area (Å²) in [6.07, 6.45) is 3.82. The molecule has 22 heavy (non-hydrogen) atoms. The molecule has 1 saturated carbocycles. The summed E-state index contributed by atoms with van der Waals surface area (Å²) in [6, 6.07) is 7.70. The third kappa shape index (κ3) is 4.23. The maximum absolute atomic E-state index is 12.2. The van der Waals surface area contributed by atoms with Gasteiger partial charge in [0.2, 0.25) is 5.91 Å². The molecule has 2 rings (SSSR count). The summed E-state index contributed by atoms with van der Waals surface area (Å²) in [4.78, 5) is 23.4. The van der Waals surface area contributed by atoms with Crippen molar-refractivity contribution in [2.24, 2.45) is 11.8 Å². The lowest BCUT2D eigenvalue weighted by atomic mass is 9.78. The van der Waals surface area contributed by atoms with Crippen LogP contribution in [0.5, 0.6) is 5.75 Å². The molecule has 120 valence electrons. The van der Waals surface area contributed by atoms with Crippen LogP contribution in [-0.4, -0.2) is 30.6 Å². The predicted molar refractivity (Wildman–Crippen MR) is 82.8 cm³/mol. The van der Waals surface area contributed by atoms with E-state index < -0.39 is 11.9 Å². The molecule has 1 aromatic rings. The van der Waals surface area contributed by atoms with Crippen molar-refractivity contribution in [2.75, 3.05) is 13.7 Å². The van der Waals surface area contributed by atoms with Gasteiger partial charge in [-0.3, -0.25) is 9.59 Å². The van der Waals surface area contributed by atoms with E-state index >= 15 is 0 Å². The molecular formula is C17H23NO4. The highest BCUT2D eigenvalue weighted by molar-refractivity contribution is 5.84. The first kappa shape index (κ1) is 16.3. The average molecular weight is 305 g/mol. The maximum Gasteiger partial charge on any atom is 0.307 e. The fraction of sp³-hybridized carbons (Fsp3) is 0.529. The molecule has 1 aliphatic carbocycles. The van der Waals surface area contributed by atoms with Gasteiger partial charge in [0.25, 0.3) is 0 Å². The second-order valence-corrected chi connectivity index (χ2v) is 5.72. The number of benzene rings is 1. The van der Waals surface area contributed by atoms with E-state index in [-0.39, 0.29) is 11.8 Å². The van der Waals surface area contributed by atoms with E-state index in [4.69, 9.17) is 4.74 Å². The first-order valence-corrected chi connectivity index (χ1v) is 7.75. The Morgan fingerprint density at radius 1 is 1.18 bits per heavy atom. The van der Waals surface area contributed by atoms with E-state index in [1.165, 1.54) is 0 Å². The van der Waals surface area contributed by atoms with Crippen molar-refractivity contribution in [1.29, 1.82) is 0 Å². The van der Waals surface area contributed by atoms with E-state index in [2.05, 4.69) is 5.32 Å². The molecule has 0 aromatic heterocycles. The molecule has 5 nitrogen and oxygen atoms in total. The summed E-state index contributed by atoms with van der Waals surface area (Å²) in [5.41, 5.74) is 1.11. The number of amides is 1. The zero-order valence-electron chi connectivity index (χ0n) is 12.9. The summed E-state index contributed by atoms with van der Waals surface area (Å²) >= 11 is 0. The summed E-state index contributed by atoms with van der Waals surface area (Å²) in [7, 11) is 1.62. The molecule has 1 fully saturated rings. The summed E-state index contributed by atoms with van der Waals surface area (Å²) in [6.45, 7) is 0.522. The number of ether oxygens (including phenoxy) is 1. The highest BCUT2D eigenvalue weighted by Gasteiger charge is 2.35. The van der Waals surface area contributed by atoms with Gasteiger partial charge in [-0.05, 0) is 37.0 Å². The zero-order valence-corrected chi connectivity index (χ0v) is 12.9. The van der Waals surface area contributed by atoms with Crippen LogP contribution in [0.15, 0.2) is 24.3 Å². The van der Waals surface area contributed by atoms with E-state index in [0.29, 0.717) is 19.4 Å². The minimum Gasteiger partial charge on any atom is -0.497 e. The SMILES string of the molecule is COc1ccc(CCNC(=O)[C@@H]2CCCC[C@H]2C(=O)O)cc1. The van der Waals surface area contributed by atoms with Crippen LogP contribution < -0.4 is 10.1 Å². The Bertz CT molecular complexity index is 512. The van der Waals surface area contributed by atoms with Crippen molar-refractivity contribution >= 4 is 11.9 Å². The third-order valence-corrected chi connectivity index (χ3v) is 4.29. The fourth-order valence-electron chi connectivity index (χ4n) is 2.99.